The summed E-state index contributed by atoms with van der Waals surface area (Å²) in [6.07, 6.45) is -4.31. The highest BCUT2D eigenvalue weighted by molar-refractivity contribution is 6.28. The molecule has 0 aliphatic heterocycles. The maximum absolute atomic E-state index is 10.7. The van der Waals surface area contributed by atoms with Crippen LogP contribution < -0.4 is 0 Å². The fourth-order valence-electron chi connectivity index (χ4n) is 0. The first-order valence-electron chi connectivity index (χ1n) is 2.12. The summed E-state index contributed by atoms with van der Waals surface area (Å²) in [6, 6.07) is 0. The standard InChI is InChI=1S/C2ClF3.C2H2F2.CH3F/c3-1(4)2(5)6;1-2(3)4;1-2/h;1H2;1H3. The molecule has 0 saturated heterocycles. The van der Waals surface area contributed by atoms with Gasteiger partial charge in [-0.25, -0.2) is 0 Å². The first-order valence-corrected chi connectivity index (χ1v) is 2.49. The van der Waals surface area contributed by atoms with E-state index in [4.69, 9.17) is 0 Å². The van der Waals surface area contributed by atoms with Crippen LogP contribution in [0.15, 0.2) is 24.0 Å². The summed E-state index contributed by atoms with van der Waals surface area (Å²) in [5.74, 6) is 0. The van der Waals surface area contributed by atoms with Crippen molar-refractivity contribution >= 4 is 11.6 Å². The van der Waals surface area contributed by atoms with E-state index in [1.54, 1.807) is 0 Å². The Morgan fingerprint density at radius 2 is 1.08 bits per heavy atom. The fraction of sp³-hybridized carbons (Fsp3) is 0.200. The molecule has 0 heterocycles. The van der Waals surface area contributed by atoms with Crippen LogP contribution in [0.1, 0.15) is 0 Å². The number of alkyl halides is 1. The lowest BCUT2D eigenvalue weighted by atomic mass is 11.1. The molecule has 74 valence electrons. The Bertz CT molecular complexity index is 121. The van der Waals surface area contributed by atoms with Crippen LogP contribution in [-0.2, 0) is 0 Å². The van der Waals surface area contributed by atoms with Crippen LogP contribution in [0.5, 0.6) is 0 Å². The molecule has 0 saturated carbocycles. The third-order valence-corrected chi connectivity index (χ3v) is 0.286. The van der Waals surface area contributed by atoms with Gasteiger partial charge in [0.25, 0.3) is 11.4 Å². The lowest BCUT2D eigenvalue weighted by Crippen LogP contribution is -1.54. The largest absolute Gasteiger partial charge is 0.317 e. The van der Waals surface area contributed by atoms with Crippen molar-refractivity contribution in [3.8, 4) is 0 Å². The van der Waals surface area contributed by atoms with Gasteiger partial charge in [0.2, 0.25) is 0 Å². The van der Waals surface area contributed by atoms with E-state index in [0.717, 1.165) is 0 Å². The highest BCUT2D eigenvalue weighted by Crippen LogP contribution is 2.11. The lowest BCUT2D eigenvalue weighted by Gasteiger charge is -1.70. The SMILES string of the molecule is C=C(F)F.CF.FC(F)=C(F)Cl. The number of halogens is 7. The molecule has 12 heavy (non-hydrogen) atoms. The molecule has 7 heteroatoms. The monoisotopic (exact) mass is 214 g/mol. The predicted octanol–water partition coefficient (Wildman–Crippen LogP) is 4.24. The van der Waals surface area contributed by atoms with Gasteiger partial charge in [-0.05, 0) is 18.2 Å². The number of rotatable bonds is 0. The highest BCUT2D eigenvalue weighted by Gasteiger charge is 1.95. The van der Waals surface area contributed by atoms with Gasteiger partial charge in [-0.2, -0.15) is 22.0 Å². The van der Waals surface area contributed by atoms with Crippen molar-refractivity contribution in [3.05, 3.63) is 24.0 Å². The smallest absolute Gasteiger partial charge is 0.255 e. The summed E-state index contributed by atoms with van der Waals surface area (Å²) in [5.41, 5.74) is 0. The van der Waals surface area contributed by atoms with E-state index in [1.807, 2.05) is 0 Å². The minimum absolute atomic E-state index is 0.500. The second-order valence-electron chi connectivity index (χ2n) is 0.860. The topological polar surface area (TPSA) is 0 Å². The molecule has 0 aromatic carbocycles. The maximum Gasteiger partial charge on any atom is 0.317 e. The Morgan fingerprint density at radius 1 is 1.00 bits per heavy atom. The van der Waals surface area contributed by atoms with Gasteiger partial charge < -0.3 is 0 Å². The van der Waals surface area contributed by atoms with Crippen LogP contribution in [0.4, 0.5) is 26.3 Å². The molecule has 0 radical (unpaired) electrons. The zero-order chi connectivity index (χ0) is 10.7. The minimum atomic E-state index is -2.48. The molecule has 0 N–H and O–H groups in total. The normalized spacial score (nSPS) is 6.67. The van der Waals surface area contributed by atoms with Crippen molar-refractivity contribution in [2.24, 2.45) is 0 Å². The summed E-state index contributed by atoms with van der Waals surface area (Å²) >= 11 is 4.08. The van der Waals surface area contributed by atoms with Crippen molar-refractivity contribution in [1.29, 1.82) is 0 Å². The van der Waals surface area contributed by atoms with Gasteiger partial charge in [0.05, 0.1) is 7.18 Å². The molecule has 0 unspecified atom stereocenters. The molecule has 0 nitrogen and oxygen atoms in total. The van der Waals surface area contributed by atoms with E-state index in [0.29, 0.717) is 7.18 Å². The predicted molar refractivity (Wildman–Crippen MR) is 34.6 cm³/mol. The molecule has 0 aromatic rings. The van der Waals surface area contributed by atoms with Gasteiger partial charge in [0.15, 0.2) is 0 Å². The number of hydrogen-bond acceptors (Lipinski definition) is 0. The van der Waals surface area contributed by atoms with Crippen LogP contribution in [0.2, 0.25) is 0 Å². The number of hydrogen-bond donors (Lipinski definition) is 0. The Kier molecular flexibility index (Phi) is 18.9. The molecule has 0 atom stereocenters. The van der Waals surface area contributed by atoms with Gasteiger partial charge in [-0.3, -0.25) is 4.39 Å². The molecule has 0 rings (SSSR count). The highest BCUT2D eigenvalue weighted by atomic mass is 35.5. The van der Waals surface area contributed by atoms with Gasteiger partial charge in [0, 0.05) is 0 Å². The maximum atomic E-state index is 10.7. The zero-order valence-electron chi connectivity index (χ0n) is 5.85. The molecule has 0 spiro atoms. The van der Waals surface area contributed by atoms with Crippen molar-refractivity contribution < 1.29 is 26.3 Å². The second-order valence-corrected chi connectivity index (χ2v) is 1.19. The van der Waals surface area contributed by atoms with Crippen LogP contribution in [0, 0.1) is 0 Å². The van der Waals surface area contributed by atoms with Crippen molar-refractivity contribution in [2.75, 3.05) is 7.18 Å². The molecule has 0 aliphatic carbocycles. The van der Waals surface area contributed by atoms with E-state index in [-0.39, 0.29) is 0 Å². The Labute approximate surface area is 70.1 Å². The van der Waals surface area contributed by atoms with E-state index >= 15 is 0 Å². The summed E-state index contributed by atoms with van der Waals surface area (Å²) < 4.78 is 61.6. The summed E-state index contributed by atoms with van der Waals surface area (Å²) in [5, 5.41) is -1.94. The average Bonchev–Trinajstić information content (AvgIpc) is 1.90. The average molecular weight is 215 g/mol. The van der Waals surface area contributed by atoms with Crippen molar-refractivity contribution in [2.45, 2.75) is 0 Å². The minimum Gasteiger partial charge on any atom is -0.255 e. The molecule has 0 fully saturated rings. The van der Waals surface area contributed by atoms with E-state index < -0.39 is 17.4 Å². The third kappa shape index (κ3) is 58.1. The second kappa shape index (κ2) is 13.0. The van der Waals surface area contributed by atoms with E-state index in [1.165, 1.54) is 0 Å². The van der Waals surface area contributed by atoms with Gasteiger partial charge >= 0.3 is 6.08 Å². The third-order valence-electron chi connectivity index (χ3n) is 0.143. The molecule has 0 aliphatic rings. The summed E-state index contributed by atoms with van der Waals surface area (Å²) in [4.78, 5) is 0. The molecule has 0 amide bonds. The Balaban J connectivity index is -0.000000118. The van der Waals surface area contributed by atoms with Crippen LogP contribution in [0.25, 0.3) is 0 Å². The van der Waals surface area contributed by atoms with Crippen molar-refractivity contribution in [1.82, 2.24) is 0 Å². The molecular weight excluding hydrogens is 209 g/mol. The van der Waals surface area contributed by atoms with Crippen LogP contribution in [-0.4, -0.2) is 7.18 Å². The van der Waals surface area contributed by atoms with Gasteiger partial charge in [0.1, 0.15) is 0 Å². The first kappa shape index (κ1) is 17.4. The quantitative estimate of drug-likeness (QED) is 0.529. The summed E-state index contributed by atoms with van der Waals surface area (Å²) in [6.45, 7) is 2.22. The van der Waals surface area contributed by atoms with E-state index in [9.17, 15) is 26.3 Å². The molecular formula is C5H5ClF6. The van der Waals surface area contributed by atoms with Gasteiger partial charge in [-0.1, -0.05) is 0 Å². The van der Waals surface area contributed by atoms with E-state index in [2.05, 4.69) is 18.2 Å². The molecule has 0 aromatic heterocycles. The Hall–Kier alpha value is -0.650. The lowest BCUT2D eigenvalue weighted by molar-refractivity contribution is 0.393. The fourth-order valence-corrected chi connectivity index (χ4v) is 0. The molecule has 0 bridgehead atoms. The van der Waals surface area contributed by atoms with Crippen LogP contribution in [0.3, 0.4) is 0 Å². The Morgan fingerprint density at radius 3 is 1.08 bits per heavy atom. The van der Waals surface area contributed by atoms with Gasteiger partial charge in [-0.15, -0.1) is 0 Å². The summed E-state index contributed by atoms with van der Waals surface area (Å²) in [7, 11) is 0.500. The van der Waals surface area contributed by atoms with Crippen LogP contribution >= 0.6 is 11.6 Å². The zero-order valence-corrected chi connectivity index (χ0v) is 6.61. The van der Waals surface area contributed by atoms with Crippen molar-refractivity contribution in [3.63, 3.8) is 0 Å². The first-order chi connectivity index (χ1) is 5.37.